The number of hydrogen-bond donors (Lipinski definition) is 0. The molecule has 0 aromatic carbocycles. The van der Waals surface area contributed by atoms with Gasteiger partial charge in [0.15, 0.2) is 0 Å². The molecule has 0 aromatic heterocycles. The average Bonchev–Trinajstić information content (AvgIpc) is 2.99. The molecular weight excluding hydrogens is 180 g/mol. The lowest BCUT2D eigenvalue weighted by Gasteiger charge is -1.97. The summed E-state index contributed by atoms with van der Waals surface area (Å²) < 4.78 is 10.0. The first-order valence-electron chi connectivity index (χ1n) is 4.88. The molecule has 3 heteroatoms. The molecule has 0 heterocycles. The Bertz CT molecular complexity index is 217. The van der Waals surface area contributed by atoms with Crippen LogP contribution in [0, 0.1) is 5.92 Å². The minimum Gasteiger partial charge on any atom is -0.435 e. The highest BCUT2D eigenvalue weighted by atomic mass is 16.5. The van der Waals surface area contributed by atoms with E-state index in [1.165, 1.54) is 6.26 Å². The van der Waals surface area contributed by atoms with E-state index in [2.05, 4.69) is 6.58 Å². The van der Waals surface area contributed by atoms with Crippen LogP contribution in [0.25, 0.3) is 0 Å². The van der Waals surface area contributed by atoms with Crippen LogP contribution < -0.4 is 0 Å². The molecular formula is C11H16O3. The van der Waals surface area contributed by atoms with Gasteiger partial charge in [0, 0.05) is 0 Å². The molecule has 78 valence electrons. The summed E-state index contributed by atoms with van der Waals surface area (Å²) in [4.78, 5) is 11.0. The first kappa shape index (κ1) is 11.0. The van der Waals surface area contributed by atoms with Gasteiger partial charge in [-0.05, 0) is 25.3 Å². The summed E-state index contributed by atoms with van der Waals surface area (Å²) in [6.45, 7) is 4.71. The summed E-state index contributed by atoms with van der Waals surface area (Å²) in [6, 6.07) is 0. The van der Waals surface area contributed by atoms with Gasteiger partial charge in [0.2, 0.25) is 0 Å². The monoisotopic (exact) mass is 196 g/mol. The third-order valence-electron chi connectivity index (χ3n) is 1.87. The van der Waals surface area contributed by atoms with Crippen molar-refractivity contribution in [1.82, 2.24) is 0 Å². The molecule has 14 heavy (non-hydrogen) atoms. The predicted octanol–water partition coefficient (Wildman–Crippen LogP) is 2.05. The Kier molecular flexibility index (Phi) is 5.00. The number of carbonyl (C=O) groups excluding carboxylic acids is 1. The molecule has 0 radical (unpaired) electrons. The van der Waals surface area contributed by atoms with Gasteiger partial charge < -0.3 is 9.47 Å². The van der Waals surface area contributed by atoms with Crippen molar-refractivity contribution in [2.45, 2.75) is 19.3 Å². The molecule has 3 nitrogen and oxygen atoms in total. The van der Waals surface area contributed by atoms with E-state index in [4.69, 9.17) is 9.47 Å². The highest BCUT2D eigenvalue weighted by Gasteiger charge is 2.30. The van der Waals surface area contributed by atoms with Crippen LogP contribution >= 0.6 is 0 Å². The predicted molar refractivity (Wildman–Crippen MR) is 53.6 cm³/mol. The highest BCUT2D eigenvalue weighted by molar-refractivity contribution is 5.75. The van der Waals surface area contributed by atoms with Gasteiger partial charge in [0.25, 0.3) is 0 Å². The van der Waals surface area contributed by atoms with E-state index in [9.17, 15) is 4.79 Å². The van der Waals surface area contributed by atoms with Gasteiger partial charge in [-0.1, -0.05) is 6.08 Å². The molecule has 1 rings (SSSR count). The molecule has 0 amide bonds. The second-order valence-electron chi connectivity index (χ2n) is 3.24. The summed E-state index contributed by atoms with van der Waals surface area (Å²) in [5.41, 5.74) is 0. The molecule has 1 saturated carbocycles. The van der Waals surface area contributed by atoms with Crippen LogP contribution in [0.3, 0.4) is 0 Å². The van der Waals surface area contributed by atoms with Crippen molar-refractivity contribution < 1.29 is 14.3 Å². The Labute approximate surface area is 84.4 Å². The number of rotatable bonds is 7. The van der Waals surface area contributed by atoms with Gasteiger partial charge in [0.05, 0.1) is 25.4 Å². The van der Waals surface area contributed by atoms with Gasteiger partial charge >= 0.3 is 5.97 Å². The van der Waals surface area contributed by atoms with E-state index in [0.717, 1.165) is 19.3 Å². The number of carbonyl (C=O) groups is 1. The van der Waals surface area contributed by atoms with E-state index < -0.39 is 0 Å². The Hall–Kier alpha value is -1.09. The zero-order valence-corrected chi connectivity index (χ0v) is 8.28. The van der Waals surface area contributed by atoms with Crippen LogP contribution in [-0.4, -0.2) is 19.2 Å². The maximum atomic E-state index is 11.0. The molecule has 0 aromatic rings. The van der Waals surface area contributed by atoms with Gasteiger partial charge in [-0.15, -0.1) is 6.58 Å². The maximum Gasteiger partial charge on any atom is 0.313 e. The van der Waals surface area contributed by atoms with Crippen LogP contribution in [0.2, 0.25) is 0 Å². The van der Waals surface area contributed by atoms with E-state index in [-0.39, 0.29) is 11.9 Å². The standard InChI is InChI=1S/C11H16O3/c1-2-3-7-13-8-4-9-14-11(12)10-5-6-10/h2,4,9-10H,1,3,5-8H2/b9-4+. The molecule has 1 aliphatic rings. The summed E-state index contributed by atoms with van der Waals surface area (Å²) in [7, 11) is 0. The quantitative estimate of drug-likeness (QED) is 0.270. The van der Waals surface area contributed by atoms with Gasteiger partial charge in [-0.3, -0.25) is 4.79 Å². The summed E-state index contributed by atoms with van der Waals surface area (Å²) in [6.07, 6.45) is 7.70. The fraction of sp³-hybridized carbons (Fsp3) is 0.545. The van der Waals surface area contributed by atoms with Crippen molar-refractivity contribution in [2.24, 2.45) is 5.92 Å². The number of esters is 1. The Morgan fingerprint density at radius 1 is 1.50 bits per heavy atom. The Balaban J connectivity index is 1.92. The SMILES string of the molecule is C=CCCOC/C=C/OC(=O)C1CC1. The summed E-state index contributed by atoms with van der Waals surface area (Å²) in [5, 5.41) is 0. The third kappa shape index (κ3) is 4.82. The normalized spacial score (nSPS) is 15.7. The minimum absolute atomic E-state index is 0.118. The van der Waals surface area contributed by atoms with Crippen molar-refractivity contribution in [1.29, 1.82) is 0 Å². The molecule has 0 atom stereocenters. The van der Waals surface area contributed by atoms with Crippen LogP contribution in [-0.2, 0) is 14.3 Å². The largest absolute Gasteiger partial charge is 0.435 e. The number of ether oxygens (including phenoxy) is 2. The van der Waals surface area contributed by atoms with Gasteiger partial charge in [0.1, 0.15) is 0 Å². The fourth-order valence-corrected chi connectivity index (χ4v) is 0.888. The van der Waals surface area contributed by atoms with Crippen LogP contribution in [0.5, 0.6) is 0 Å². The van der Waals surface area contributed by atoms with Crippen molar-refractivity contribution in [3.05, 3.63) is 25.0 Å². The third-order valence-corrected chi connectivity index (χ3v) is 1.87. The Morgan fingerprint density at radius 3 is 2.93 bits per heavy atom. The molecule has 0 aliphatic heterocycles. The molecule has 1 fully saturated rings. The molecule has 0 bridgehead atoms. The maximum absolute atomic E-state index is 11.0. The fourth-order valence-electron chi connectivity index (χ4n) is 0.888. The van der Waals surface area contributed by atoms with Crippen LogP contribution in [0.1, 0.15) is 19.3 Å². The first-order valence-corrected chi connectivity index (χ1v) is 4.88. The topological polar surface area (TPSA) is 35.5 Å². The van der Waals surface area contributed by atoms with Crippen molar-refractivity contribution in [2.75, 3.05) is 13.2 Å². The van der Waals surface area contributed by atoms with Gasteiger partial charge in [-0.25, -0.2) is 0 Å². The lowest BCUT2D eigenvalue weighted by Crippen LogP contribution is -2.01. The van der Waals surface area contributed by atoms with Crippen molar-refractivity contribution in [3.63, 3.8) is 0 Å². The van der Waals surface area contributed by atoms with Crippen LogP contribution in [0.15, 0.2) is 25.0 Å². The smallest absolute Gasteiger partial charge is 0.313 e. The first-order chi connectivity index (χ1) is 6.84. The lowest BCUT2D eigenvalue weighted by atomic mass is 10.4. The van der Waals surface area contributed by atoms with Crippen molar-refractivity contribution >= 4 is 5.97 Å². The zero-order valence-electron chi connectivity index (χ0n) is 8.28. The second kappa shape index (κ2) is 6.38. The van der Waals surface area contributed by atoms with Crippen molar-refractivity contribution in [3.8, 4) is 0 Å². The number of hydrogen-bond acceptors (Lipinski definition) is 3. The van der Waals surface area contributed by atoms with E-state index in [1.54, 1.807) is 12.2 Å². The zero-order chi connectivity index (χ0) is 10.2. The summed E-state index contributed by atoms with van der Waals surface area (Å²) in [5.74, 6) is 0.0358. The highest BCUT2D eigenvalue weighted by Crippen LogP contribution is 2.29. The Morgan fingerprint density at radius 2 is 2.29 bits per heavy atom. The second-order valence-corrected chi connectivity index (χ2v) is 3.24. The van der Waals surface area contributed by atoms with E-state index in [0.29, 0.717) is 13.2 Å². The lowest BCUT2D eigenvalue weighted by molar-refractivity contribution is -0.139. The molecule has 0 spiro atoms. The molecule has 0 unspecified atom stereocenters. The molecule has 0 N–H and O–H groups in total. The average molecular weight is 196 g/mol. The van der Waals surface area contributed by atoms with E-state index >= 15 is 0 Å². The molecule has 0 saturated heterocycles. The van der Waals surface area contributed by atoms with Crippen LogP contribution in [0.4, 0.5) is 0 Å². The van der Waals surface area contributed by atoms with Gasteiger partial charge in [-0.2, -0.15) is 0 Å². The minimum atomic E-state index is -0.118. The summed E-state index contributed by atoms with van der Waals surface area (Å²) >= 11 is 0. The molecule has 1 aliphatic carbocycles. The van der Waals surface area contributed by atoms with E-state index in [1.807, 2.05) is 0 Å².